The fourth-order valence-corrected chi connectivity index (χ4v) is 3.98. The van der Waals surface area contributed by atoms with Gasteiger partial charge in [0.25, 0.3) is 11.8 Å². The van der Waals surface area contributed by atoms with Crippen molar-refractivity contribution in [3.05, 3.63) is 70.8 Å². The van der Waals surface area contributed by atoms with Gasteiger partial charge in [0.05, 0.1) is 11.1 Å². The molecule has 2 aromatic carbocycles. The summed E-state index contributed by atoms with van der Waals surface area (Å²) in [4.78, 5) is 54.0. The summed E-state index contributed by atoms with van der Waals surface area (Å²) in [5, 5.41) is 2.91. The van der Waals surface area contributed by atoms with Gasteiger partial charge in [0.2, 0.25) is 11.8 Å². The second-order valence-electron chi connectivity index (χ2n) is 9.17. The SMILES string of the molecule is Cc1ccccc1CN(C(=O)CCCN1C(=O)c2ccccc2C1=O)C(C)C(=O)NCC(C)C. The molecule has 0 saturated heterocycles. The van der Waals surface area contributed by atoms with Crippen molar-refractivity contribution < 1.29 is 19.2 Å². The first-order valence-electron chi connectivity index (χ1n) is 11.8. The van der Waals surface area contributed by atoms with E-state index in [-0.39, 0.29) is 36.6 Å². The largest absolute Gasteiger partial charge is 0.354 e. The van der Waals surface area contributed by atoms with Gasteiger partial charge < -0.3 is 10.2 Å². The Morgan fingerprint density at radius 3 is 2.12 bits per heavy atom. The Balaban J connectivity index is 1.67. The van der Waals surface area contributed by atoms with E-state index in [1.165, 1.54) is 4.90 Å². The molecule has 180 valence electrons. The molecule has 0 spiro atoms. The van der Waals surface area contributed by atoms with Crippen LogP contribution >= 0.6 is 0 Å². The van der Waals surface area contributed by atoms with Gasteiger partial charge in [0.1, 0.15) is 6.04 Å². The first-order chi connectivity index (χ1) is 16.2. The molecule has 7 nitrogen and oxygen atoms in total. The number of hydrogen-bond acceptors (Lipinski definition) is 4. The Morgan fingerprint density at radius 2 is 1.53 bits per heavy atom. The zero-order valence-corrected chi connectivity index (χ0v) is 20.3. The average Bonchev–Trinajstić information content (AvgIpc) is 3.06. The van der Waals surface area contributed by atoms with E-state index in [1.807, 2.05) is 45.0 Å². The number of imide groups is 1. The lowest BCUT2D eigenvalue weighted by atomic mass is 10.1. The molecule has 1 heterocycles. The maximum Gasteiger partial charge on any atom is 0.261 e. The Hall–Kier alpha value is -3.48. The normalized spacial score (nSPS) is 13.7. The fourth-order valence-electron chi connectivity index (χ4n) is 3.98. The van der Waals surface area contributed by atoms with E-state index in [2.05, 4.69) is 5.32 Å². The van der Waals surface area contributed by atoms with Crippen LogP contribution in [0.2, 0.25) is 0 Å². The van der Waals surface area contributed by atoms with E-state index >= 15 is 0 Å². The highest BCUT2D eigenvalue weighted by Gasteiger charge is 2.35. The fraction of sp³-hybridized carbons (Fsp3) is 0.407. The van der Waals surface area contributed by atoms with Gasteiger partial charge in [-0.05, 0) is 49.4 Å². The molecular weight excluding hydrogens is 430 g/mol. The summed E-state index contributed by atoms with van der Waals surface area (Å²) in [6.07, 6.45) is 0.454. The van der Waals surface area contributed by atoms with Crippen molar-refractivity contribution in [2.45, 2.75) is 53.1 Å². The predicted octanol–water partition coefficient (Wildman–Crippen LogP) is 3.56. The van der Waals surface area contributed by atoms with Crippen LogP contribution in [0.5, 0.6) is 0 Å². The zero-order valence-electron chi connectivity index (χ0n) is 20.3. The van der Waals surface area contributed by atoms with E-state index in [0.717, 1.165) is 11.1 Å². The summed E-state index contributed by atoms with van der Waals surface area (Å²) in [7, 11) is 0. The number of carbonyl (C=O) groups is 4. The highest BCUT2D eigenvalue weighted by atomic mass is 16.2. The first-order valence-corrected chi connectivity index (χ1v) is 11.8. The minimum absolute atomic E-state index is 0.126. The van der Waals surface area contributed by atoms with E-state index < -0.39 is 6.04 Å². The van der Waals surface area contributed by atoms with Crippen LogP contribution in [0.3, 0.4) is 0 Å². The zero-order chi connectivity index (χ0) is 24.8. The first kappa shape index (κ1) is 25.1. The molecule has 0 bridgehead atoms. The van der Waals surface area contributed by atoms with Gasteiger partial charge in [-0.3, -0.25) is 24.1 Å². The molecule has 0 fully saturated rings. The number of aryl methyl sites for hydroxylation is 1. The van der Waals surface area contributed by atoms with Gasteiger partial charge in [-0.1, -0.05) is 50.2 Å². The van der Waals surface area contributed by atoms with Crippen LogP contribution in [0, 0.1) is 12.8 Å². The van der Waals surface area contributed by atoms with Crippen LogP contribution in [-0.2, 0) is 16.1 Å². The second-order valence-corrected chi connectivity index (χ2v) is 9.17. The number of rotatable bonds is 10. The maximum atomic E-state index is 13.3. The van der Waals surface area contributed by atoms with E-state index in [9.17, 15) is 19.2 Å². The number of hydrogen-bond donors (Lipinski definition) is 1. The van der Waals surface area contributed by atoms with Crippen molar-refractivity contribution in [2.24, 2.45) is 5.92 Å². The van der Waals surface area contributed by atoms with Crippen molar-refractivity contribution in [1.29, 1.82) is 0 Å². The molecular formula is C27H33N3O4. The summed E-state index contributed by atoms with van der Waals surface area (Å²) >= 11 is 0. The van der Waals surface area contributed by atoms with Crippen LogP contribution in [0.4, 0.5) is 0 Å². The summed E-state index contributed by atoms with van der Waals surface area (Å²) in [5.41, 5.74) is 2.81. The van der Waals surface area contributed by atoms with Crippen molar-refractivity contribution in [2.75, 3.05) is 13.1 Å². The molecule has 0 aromatic heterocycles. The predicted molar refractivity (Wildman–Crippen MR) is 130 cm³/mol. The lowest BCUT2D eigenvalue weighted by Crippen LogP contribution is -2.48. The van der Waals surface area contributed by atoms with E-state index in [4.69, 9.17) is 0 Å². The van der Waals surface area contributed by atoms with Crippen molar-refractivity contribution >= 4 is 23.6 Å². The van der Waals surface area contributed by atoms with Gasteiger partial charge in [-0.15, -0.1) is 0 Å². The van der Waals surface area contributed by atoms with Crippen LogP contribution < -0.4 is 5.32 Å². The lowest BCUT2D eigenvalue weighted by molar-refractivity contribution is -0.140. The number of carbonyl (C=O) groups excluding carboxylic acids is 4. The molecule has 0 radical (unpaired) electrons. The van der Waals surface area contributed by atoms with Crippen molar-refractivity contribution in [3.8, 4) is 0 Å². The minimum Gasteiger partial charge on any atom is -0.354 e. The quantitative estimate of drug-likeness (QED) is 0.546. The van der Waals surface area contributed by atoms with Crippen LogP contribution in [-0.4, -0.2) is 52.6 Å². The number of nitrogens with one attached hydrogen (secondary N) is 1. The smallest absolute Gasteiger partial charge is 0.261 e. The number of amides is 4. The maximum absolute atomic E-state index is 13.3. The Kier molecular flexibility index (Phi) is 8.21. The Morgan fingerprint density at radius 1 is 0.941 bits per heavy atom. The summed E-state index contributed by atoms with van der Waals surface area (Å²) < 4.78 is 0. The Bertz CT molecular complexity index is 1040. The van der Waals surface area contributed by atoms with Crippen LogP contribution in [0.25, 0.3) is 0 Å². The molecule has 2 aromatic rings. The molecule has 1 atom stereocenters. The third-order valence-electron chi connectivity index (χ3n) is 6.10. The van der Waals surface area contributed by atoms with E-state index in [1.54, 1.807) is 36.1 Å². The summed E-state index contributed by atoms with van der Waals surface area (Å²) in [5.74, 6) is -0.739. The summed E-state index contributed by atoms with van der Waals surface area (Å²) in [6.45, 7) is 8.74. The summed E-state index contributed by atoms with van der Waals surface area (Å²) in [6, 6.07) is 13.9. The second kappa shape index (κ2) is 11.1. The molecule has 1 aliphatic heterocycles. The topological polar surface area (TPSA) is 86.8 Å². The molecule has 0 saturated carbocycles. The average molecular weight is 464 g/mol. The number of fused-ring (bicyclic) bond motifs is 1. The van der Waals surface area contributed by atoms with Crippen molar-refractivity contribution in [3.63, 3.8) is 0 Å². The molecule has 3 rings (SSSR count). The van der Waals surface area contributed by atoms with E-state index in [0.29, 0.717) is 36.6 Å². The van der Waals surface area contributed by atoms with Crippen molar-refractivity contribution in [1.82, 2.24) is 15.1 Å². The van der Waals surface area contributed by atoms with Crippen LogP contribution in [0.15, 0.2) is 48.5 Å². The molecule has 34 heavy (non-hydrogen) atoms. The molecule has 0 aliphatic carbocycles. The molecule has 4 amide bonds. The highest BCUT2D eigenvalue weighted by Crippen LogP contribution is 2.23. The number of nitrogens with zero attached hydrogens (tertiary/aromatic N) is 2. The van der Waals surface area contributed by atoms with Gasteiger partial charge in [0.15, 0.2) is 0 Å². The minimum atomic E-state index is -0.648. The third kappa shape index (κ3) is 5.71. The standard InChI is InChI=1S/C27H33N3O4/c1-18(2)16-28-25(32)20(4)30(17-21-11-6-5-10-19(21)3)24(31)14-9-15-29-26(33)22-12-7-8-13-23(22)27(29)34/h5-8,10-13,18,20H,9,14-17H2,1-4H3,(H,28,32). The Labute approximate surface area is 201 Å². The number of benzene rings is 2. The third-order valence-corrected chi connectivity index (χ3v) is 6.10. The van der Waals surface area contributed by atoms with Gasteiger partial charge in [0, 0.05) is 26.1 Å². The highest BCUT2D eigenvalue weighted by molar-refractivity contribution is 6.21. The van der Waals surface area contributed by atoms with Gasteiger partial charge >= 0.3 is 0 Å². The monoisotopic (exact) mass is 463 g/mol. The van der Waals surface area contributed by atoms with Crippen LogP contribution in [0.1, 0.15) is 65.5 Å². The van der Waals surface area contributed by atoms with Gasteiger partial charge in [-0.25, -0.2) is 0 Å². The molecule has 1 N–H and O–H groups in total. The molecule has 1 unspecified atom stereocenters. The van der Waals surface area contributed by atoms with Gasteiger partial charge in [-0.2, -0.15) is 0 Å². The molecule has 7 heteroatoms. The lowest BCUT2D eigenvalue weighted by Gasteiger charge is -2.30. The molecule has 1 aliphatic rings.